The lowest BCUT2D eigenvalue weighted by atomic mass is 10.0. The third kappa shape index (κ3) is 3.59. The number of aromatic nitrogens is 3. The number of aromatic amines is 1. The molecule has 0 aliphatic rings. The first-order chi connectivity index (χ1) is 14.8. The van der Waals surface area contributed by atoms with Crippen LogP contribution in [0.15, 0.2) is 42.9 Å². The molecule has 0 saturated heterocycles. The topological polar surface area (TPSA) is 87.9 Å². The number of carbonyl (C=O) groups is 1. The van der Waals surface area contributed by atoms with Crippen LogP contribution in [-0.2, 0) is 0 Å². The van der Waals surface area contributed by atoms with Gasteiger partial charge in [-0.2, -0.15) is 0 Å². The molecule has 9 heteroatoms. The Bertz CT molecular complexity index is 1320. The molecule has 0 unspecified atom stereocenters. The van der Waals surface area contributed by atoms with E-state index in [-0.39, 0.29) is 27.9 Å². The smallest absolute Gasteiger partial charge is 0.257 e. The van der Waals surface area contributed by atoms with Crippen molar-refractivity contribution in [1.82, 2.24) is 19.9 Å². The van der Waals surface area contributed by atoms with Gasteiger partial charge in [0.2, 0.25) is 0 Å². The molecule has 0 bridgehead atoms. The summed E-state index contributed by atoms with van der Waals surface area (Å²) in [6.07, 6.45) is 4.54. The number of nitrogen functional groups attached to an aromatic ring is 1. The molecular formula is C22H18ClF2N5O. The van der Waals surface area contributed by atoms with Gasteiger partial charge in [-0.3, -0.25) is 4.79 Å². The van der Waals surface area contributed by atoms with Crippen molar-refractivity contribution in [3.63, 3.8) is 0 Å². The van der Waals surface area contributed by atoms with Crippen molar-refractivity contribution in [1.29, 1.82) is 0 Å². The summed E-state index contributed by atoms with van der Waals surface area (Å²) >= 11 is 6.70. The molecule has 4 rings (SSSR count). The minimum atomic E-state index is -0.589. The molecule has 0 fully saturated rings. The number of halogens is 3. The SMILES string of the molecule is CCN(C)C(=O)c1cc(-c2cnc3[nH]cc(-c4cc(F)ccc4F)c3c2Cl)cnc1N. The Labute approximate surface area is 181 Å². The Morgan fingerprint density at radius 2 is 1.94 bits per heavy atom. The number of fused-ring (bicyclic) bond motifs is 1. The third-order valence-electron chi connectivity index (χ3n) is 5.14. The van der Waals surface area contributed by atoms with Crippen LogP contribution in [0.2, 0.25) is 5.02 Å². The normalized spacial score (nSPS) is 11.1. The Kier molecular flexibility index (Phi) is 5.32. The van der Waals surface area contributed by atoms with Gasteiger partial charge in [0.15, 0.2) is 0 Å². The number of pyridine rings is 2. The highest BCUT2D eigenvalue weighted by atomic mass is 35.5. The summed E-state index contributed by atoms with van der Waals surface area (Å²) in [5.41, 5.74) is 8.00. The zero-order valence-electron chi connectivity index (χ0n) is 16.7. The van der Waals surface area contributed by atoms with Crippen LogP contribution in [0.25, 0.3) is 33.3 Å². The van der Waals surface area contributed by atoms with Gasteiger partial charge in [0.1, 0.15) is 23.1 Å². The lowest BCUT2D eigenvalue weighted by Crippen LogP contribution is -2.27. The average molecular weight is 442 g/mol. The van der Waals surface area contributed by atoms with Crippen LogP contribution in [0.5, 0.6) is 0 Å². The fourth-order valence-electron chi connectivity index (χ4n) is 3.32. The molecule has 0 aliphatic carbocycles. The number of hydrogen-bond donors (Lipinski definition) is 2. The van der Waals surface area contributed by atoms with Crippen molar-refractivity contribution in [3.8, 4) is 22.3 Å². The summed E-state index contributed by atoms with van der Waals surface area (Å²) in [6.45, 7) is 2.35. The first kappa shape index (κ1) is 20.7. The molecule has 3 aromatic heterocycles. The maximum absolute atomic E-state index is 14.4. The molecule has 6 nitrogen and oxygen atoms in total. The second kappa shape index (κ2) is 7.96. The number of hydrogen-bond acceptors (Lipinski definition) is 4. The molecule has 158 valence electrons. The number of amides is 1. The minimum Gasteiger partial charge on any atom is -0.383 e. The zero-order chi connectivity index (χ0) is 22.3. The molecule has 0 spiro atoms. The summed E-state index contributed by atoms with van der Waals surface area (Å²) in [5, 5.41) is 0.692. The molecule has 1 aromatic carbocycles. The van der Waals surface area contributed by atoms with Gasteiger partial charge in [0.05, 0.1) is 10.6 Å². The summed E-state index contributed by atoms with van der Waals surface area (Å²) in [7, 11) is 1.66. The van der Waals surface area contributed by atoms with Crippen molar-refractivity contribution < 1.29 is 13.6 Å². The predicted octanol–water partition coefficient (Wildman–Crippen LogP) is 4.90. The molecule has 4 aromatic rings. The van der Waals surface area contributed by atoms with E-state index in [2.05, 4.69) is 15.0 Å². The Morgan fingerprint density at radius 3 is 2.68 bits per heavy atom. The van der Waals surface area contributed by atoms with Crippen molar-refractivity contribution in [3.05, 3.63) is 65.1 Å². The van der Waals surface area contributed by atoms with Gasteiger partial charge in [-0.05, 0) is 31.2 Å². The number of nitrogens with two attached hydrogens (primary N) is 1. The van der Waals surface area contributed by atoms with E-state index in [1.165, 1.54) is 23.5 Å². The van der Waals surface area contributed by atoms with Crippen LogP contribution in [0.4, 0.5) is 14.6 Å². The first-order valence-electron chi connectivity index (χ1n) is 9.44. The number of H-pyrrole nitrogens is 1. The molecule has 0 radical (unpaired) electrons. The summed E-state index contributed by atoms with van der Waals surface area (Å²) in [4.78, 5) is 25.6. The van der Waals surface area contributed by atoms with Crippen molar-refractivity contribution in [2.45, 2.75) is 6.92 Å². The number of nitrogens with zero attached hydrogens (tertiary/aromatic N) is 3. The van der Waals surface area contributed by atoms with E-state index in [9.17, 15) is 13.6 Å². The Balaban J connectivity index is 1.90. The van der Waals surface area contributed by atoms with Crippen LogP contribution in [0, 0.1) is 11.6 Å². The van der Waals surface area contributed by atoms with E-state index in [1.807, 2.05) is 6.92 Å². The van der Waals surface area contributed by atoms with E-state index < -0.39 is 11.6 Å². The van der Waals surface area contributed by atoms with Gasteiger partial charge >= 0.3 is 0 Å². The van der Waals surface area contributed by atoms with E-state index >= 15 is 0 Å². The largest absolute Gasteiger partial charge is 0.383 e. The van der Waals surface area contributed by atoms with Gasteiger partial charge < -0.3 is 15.6 Å². The molecule has 3 N–H and O–H groups in total. The Morgan fingerprint density at radius 1 is 1.16 bits per heavy atom. The average Bonchev–Trinajstić information content (AvgIpc) is 3.20. The van der Waals surface area contributed by atoms with Crippen LogP contribution >= 0.6 is 11.6 Å². The molecule has 31 heavy (non-hydrogen) atoms. The lowest BCUT2D eigenvalue weighted by Gasteiger charge is -2.16. The number of carbonyl (C=O) groups excluding carboxylic acids is 1. The van der Waals surface area contributed by atoms with Gasteiger partial charge in [0.25, 0.3) is 5.91 Å². The van der Waals surface area contributed by atoms with Gasteiger partial charge in [0, 0.05) is 59.8 Å². The highest BCUT2D eigenvalue weighted by Crippen LogP contribution is 2.39. The van der Waals surface area contributed by atoms with E-state index in [0.717, 1.165) is 18.2 Å². The molecule has 0 atom stereocenters. The summed E-state index contributed by atoms with van der Waals surface area (Å²) in [6, 6.07) is 4.80. The maximum Gasteiger partial charge on any atom is 0.257 e. The Hall–Kier alpha value is -3.52. The highest BCUT2D eigenvalue weighted by molar-refractivity contribution is 6.39. The van der Waals surface area contributed by atoms with Crippen molar-refractivity contribution in [2.75, 3.05) is 19.3 Å². The quantitative estimate of drug-likeness (QED) is 0.471. The van der Waals surface area contributed by atoms with E-state index in [4.69, 9.17) is 17.3 Å². The zero-order valence-corrected chi connectivity index (χ0v) is 17.5. The molecule has 0 saturated carbocycles. The van der Waals surface area contributed by atoms with Gasteiger partial charge in [-0.1, -0.05) is 11.6 Å². The number of benzene rings is 1. The number of rotatable bonds is 4. The second-order valence-electron chi connectivity index (χ2n) is 7.01. The van der Waals surface area contributed by atoms with Crippen LogP contribution in [0.3, 0.4) is 0 Å². The molecule has 0 aliphatic heterocycles. The van der Waals surface area contributed by atoms with Crippen molar-refractivity contribution >= 4 is 34.4 Å². The van der Waals surface area contributed by atoms with Crippen LogP contribution in [0.1, 0.15) is 17.3 Å². The molecular weight excluding hydrogens is 424 g/mol. The van der Waals surface area contributed by atoms with Gasteiger partial charge in [-0.25, -0.2) is 18.7 Å². The van der Waals surface area contributed by atoms with E-state index in [0.29, 0.717) is 34.3 Å². The fraction of sp³-hybridized carbons (Fsp3) is 0.136. The lowest BCUT2D eigenvalue weighted by molar-refractivity contribution is 0.0803. The second-order valence-corrected chi connectivity index (χ2v) is 7.39. The van der Waals surface area contributed by atoms with E-state index in [1.54, 1.807) is 13.1 Å². The van der Waals surface area contributed by atoms with Gasteiger partial charge in [-0.15, -0.1) is 0 Å². The standard InChI is InChI=1S/C22H18ClF2N5O/c1-3-30(2)22(31)14-6-11(8-27-20(14)26)15-9-28-21-18(19(15)23)16(10-29-21)13-7-12(24)4-5-17(13)25/h4-10H,3H2,1-2H3,(H2,26,27)(H,28,29). The fourth-order valence-corrected chi connectivity index (χ4v) is 3.67. The minimum absolute atomic E-state index is 0.0583. The summed E-state index contributed by atoms with van der Waals surface area (Å²) in [5.74, 6) is -1.34. The number of anilines is 1. The monoisotopic (exact) mass is 441 g/mol. The summed E-state index contributed by atoms with van der Waals surface area (Å²) < 4.78 is 28.2. The predicted molar refractivity (Wildman–Crippen MR) is 117 cm³/mol. The highest BCUT2D eigenvalue weighted by Gasteiger charge is 2.20. The van der Waals surface area contributed by atoms with Crippen LogP contribution < -0.4 is 5.73 Å². The molecule has 1 amide bonds. The number of nitrogens with one attached hydrogen (secondary N) is 1. The van der Waals surface area contributed by atoms with Crippen molar-refractivity contribution in [2.24, 2.45) is 0 Å². The van der Waals surface area contributed by atoms with Crippen LogP contribution in [-0.4, -0.2) is 39.4 Å². The maximum atomic E-state index is 14.4. The first-order valence-corrected chi connectivity index (χ1v) is 9.82. The molecule has 3 heterocycles. The third-order valence-corrected chi connectivity index (χ3v) is 5.53.